The van der Waals surface area contributed by atoms with Gasteiger partial charge in [0.15, 0.2) is 5.82 Å². The van der Waals surface area contributed by atoms with Crippen LogP contribution in [0.15, 0.2) is 36.4 Å². The van der Waals surface area contributed by atoms with Gasteiger partial charge < -0.3 is 25.4 Å². The first-order chi connectivity index (χ1) is 18.0. The molecule has 1 fully saturated rings. The molecule has 0 saturated heterocycles. The molecule has 4 rings (SSSR count). The highest BCUT2D eigenvalue weighted by atomic mass is 19.4. The molecule has 0 radical (unpaired) electrons. The highest BCUT2D eigenvalue weighted by Gasteiger charge is 2.35. The van der Waals surface area contributed by atoms with Crippen LogP contribution in [0.4, 0.5) is 38.5 Å². The van der Waals surface area contributed by atoms with Gasteiger partial charge >= 0.3 is 24.3 Å². The van der Waals surface area contributed by atoms with E-state index in [9.17, 15) is 31.9 Å². The van der Waals surface area contributed by atoms with Crippen LogP contribution in [0.3, 0.4) is 0 Å². The summed E-state index contributed by atoms with van der Waals surface area (Å²) in [5, 5.41) is 13.5. The maximum absolute atomic E-state index is 14.2. The Bertz CT molecular complexity index is 1210. The third-order valence-electron chi connectivity index (χ3n) is 6.81. The average molecular weight is 538 g/mol. The normalized spacial score (nSPS) is 19.3. The topological polar surface area (TPSA) is 108 Å². The lowest BCUT2D eigenvalue weighted by Crippen LogP contribution is -2.39. The minimum absolute atomic E-state index is 0.110. The summed E-state index contributed by atoms with van der Waals surface area (Å²) in [4.78, 5) is 37.4. The zero-order chi connectivity index (χ0) is 27.4. The van der Waals surface area contributed by atoms with Gasteiger partial charge in [0.05, 0.1) is 11.3 Å². The van der Waals surface area contributed by atoms with Crippen molar-refractivity contribution in [1.29, 1.82) is 0 Å². The van der Waals surface area contributed by atoms with Crippen LogP contribution in [-0.4, -0.2) is 40.7 Å². The van der Waals surface area contributed by atoms with Crippen LogP contribution >= 0.6 is 0 Å². The molecule has 0 spiro atoms. The largest absolute Gasteiger partial charge is 0.481 e. The standard InChI is InChI=1S/C26H27F4N3O5/c27-23-20(26(28,29)30)2-1-3-21(23)32-24(36)31-18-7-6-17-14-33(11-10-16(17)13-18)25(37)38-19-8-4-15(5-9-19)12-22(34)35/h1-3,6-7,13,15,19H,4-5,8-12,14H2,(H,34,35)(H2,31,32,36). The molecule has 2 aromatic rings. The molecular formula is C26H27F4N3O5. The summed E-state index contributed by atoms with van der Waals surface area (Å²) in [5.74, 6) is -2.28. The van der Waals surface area contributed by atoms with Crippen molar-refractivity contribution in [3.8, 4) is 0 Å². The number of nitrogens with one attached hydrogen (secondary N) is 2. The molecule has 1 aliphatic carbocycles. The van der Waals surface area contributed by atoms with Crippen LogP contribution in [0.1, 0.15) is 48.8 Å². The van der Waals surface area contributed by atoms with Crippen molar-refractivity contribution in [3.05, 3.63) is 58.9 Å². The van der Waals surface area contributed by atoms with Gasteiger partial charge in [0.1, 0.15) is 6.10 Å². The van der Waals surface area contributed by atoms with E-state index in [1.807, 2.05) is 0 Å². The summed E-state index contributed by atoms with van der Waals surface area (Å²) in [6.07, 6.45) is -2.25. The van der Waals surface area contributed by atoms with E-state index in [4.69, 9.17) is 9.84 Å². The minimum Gasteiger partial charge on any atom is -0.481 e. The molecule has 2 aliphatic rings. The Morgan fingerprint density at radius 2 is 1.76 bits per heavy atom. The maximum atomic E-state index is 14.2. The Balaban J connectivity index is 1.30. The van der Waals surface area contributed by atoms with Crippen molar-refractivity contribution in [2.24, 2.45) is 5.92 Å². The number of fused-ring (bicyclic) bond motifs is 1. The lowest BCUT2D eigenvalue weighted by atomic mass is 9.85. The number of hydrogen-bond acceptors (Lipinski definition) is 4. The van der Waals surface area contributed by atoms with Crippen LogP contribution in [0.25, 0.3) is 0 Å². The van der Waals surface area contributed by atoms with Gasteiger partial charge in [-0.3, -0.25) is 4.79 Å². The highest BCUT2D eigenvalue weighted by Crippen LogP contribution is 2.34. The summed E-state index contributed by atoms with van der Waals surface area (Å²) in [7, 11) is 0. The zero-order valence-corrected chi connectivity index (χ0v) is 20.3. The summed E-state index contributed by atoms with van der Waals surface area (Å²) in [6, 6.07) is 6.74. The number of urea groups is 1. The van der Waals surface area contributed by atoms with Crippen molar-refractivity contribution >= 4 is 29.5 Å². The Hall–Kier alpha value is -3.83. The number of carboxylic acids is 1. The van der Waals surface area contributed by atoms with Crippen LogP contribution in [-0.2, 0) is 28.7 Å². The van der Waals surface area contributed by atoms with Crippen molar-refractivity contribution < 1.29 is 41.8 Å². The second-order valence-corrected chi connectivity index (χ2v) is 9.52. The fraction of sp³-hybridized carbons (Fsp3) is 0.423. The molecule has 38 heavy (non-hydrogen) atoms. The second kappa shape index (κ2) is 11.3. The minimum atomic E-state index is -4.89. The van der Waals surface area contributed by atoms with Crippen LogP contribution in [0.2, 0.25) is 0 Å². The van der Waals surface area contributed by atoms with E-state index >= 15 is 0 Å². The predicted molar refractivity (Wildman–Crippen MR) is 129 cm³/mol. The summed E-state index contributed by atoms with van der Waals surface area (Å²) in [6.45, 7) is 0.704. The Labute approximate surface area is 216 Å². The number of nitrogens with zero attached hydrogens (tertiary/aromatic N) is 1. The van der Waals surface area contributed by atoms with Crippen molar-refractivity contribution in [2.75, 3.05) is 17.2 Å². The molecule has 0 unspecified atom stereocenters. The Morgan fingerprint density at radius 3 is 2.45 bits per heavy atom. The number of halogens is 4. The van der Waals surface area contributed by atoms with Crippen LogP contribution in [0, 0.1) is 11.7 Å². The molecule has 3 amide bonds. The molecule has 3 N–H and O–H groups in total. The van der Waals surface area contributed by atoms with Gasteiger partial charge in [-0.2, -0.15) is 13.2 Å². The van der Waals surface area contributed by atoms with Crippen molar-refractivity contribution in [3.63, 3.8) is 0 Å². The molecule has 204 valence electrons. The number of alkyl halides is 3. The van der Waals surface area contributed by atoms with Crippen molar-refractivity contribution in [2.45, 2.75) is 57.3 Å². The number of anilines is 2. The summed E-state index contributed by atoms with van der Waals surface area (Å²) < 4.78 is 58.5. The van der Waals surface area contributed by atoms with Crippen LogP contribution < -0.4 is 10.6 Å². The molecule has 2 aromatic carbocycles. The van der Waals surface area contributed by atoms with Gasteiger partial charge in [-0.05, 0) is 73.4 Å². The summed E-state index contributed by atoms with van der Waals surface area (Å²) in [5.41, 5.74) is 0.0279. The number of hydrogen-bond donors (Lipinski definition) is 3. The fourth-order valence-corrected chi connectivity index (χ4v) is 4.84. The van der Waals surface area contributed by atoms with Crippen LogP contribution in [0.5, 0.6) is 0 Å². The van der Waals surface area contributed by atoms with Gasteiger partial charge in [-0.25, -0.2) is 14.0 Å². The Morgan fingerprint density at radius 1 is 1.03 bits per heavy atom. The average Bonchev–Trinajstić information content (AvgIpc) is 2.85. The quantitative estimate of drug-likeness (QED) is 0.405. The summed E-state index contributed by atoms with van der Waals surface area (Å²) >= 11 is 0. The van der Waals surface area contributed by atoms with E-state index < -0.39 is 41.3 Å². The van der Waals surface area contributed by atoms with E-state index in [0.29, 0.717) is 56.9 Å². The van der Waals surface area contributed by atoms with Gasteiger partial charge in [0, 0.05) is 25.2 Å². The number of carbonyl (C=O) groups is 3. The van der Waals surface area contributed by atoms with E-state index in [1.54, 1.807) is 23.1 Å². The number of carboxylic acid groups (broad SMARTS) is 1. The van der Waals surface area contributed by atoms with Gasteiger partial charge in [0.25, 0.3) is 0 Å². The van der Waals surface area contributed by atoms with Gasteiger partial charge in [-0.15, -0.1) is 0 Å². The van der Waals surface area contributed by atoms with Gasteiger partial charge in [0.2, 0.25) is 0 Å². The number of amides is 3. The molecule has 0 atom stereocenters. The molecule has 8 nitrogen and oxygen atoms in total. The highest BCUT2D eigenvalue weighted by molar-refractivity contribution is 6.00. The number of ether oxygens (including phenoxy) is 1. The third-order valence-corrected chi connectivity index (χ3v) is 6.81. The molecule has 0 bridgehead atoms. The molecule has 1 heterocycles. The zero-order valence-electron chi connectivity index (χ0n) is 20.3. The number of carbonyl (C=O) groups excluding carboxylic acids is 2. The first-order valence-corrected chi connectivity index (χ1v) is 12.2. The lowest BCUT2D eigenvalue weighted by Gasteiger charge is -2.32. The van der Waals surface area contributed by atoms with E-state index in [0.717, 1.165) is 23.3 Å². The van der Waals surface area contributed by atoms with E-state index in [2.05, 4.69) is 10.6 Å². The predicted octanol–water partition coefficient (Wildman–Crippen LogP) is 6.02. The second-order valence-electron chi connectivity index (χ2n) is 9.52. The van der Waals surface area contributed by atoms with Gasteiger partial charge in [-0.1, -0.05) is 12.1 Å². The van der Waals surface area contributed by atoms with E-state index in [-0.39, 0.29) is 18.4 Å². The molecule has 0 aromatic heterocycles. The molecule has 1 aliphatic heterocycles. The number of benzene rings is 2. The molecule has 1 saturated carbocycles. The SMILES string of the molecule is O=C(O)CC1CCC(OC(=O)N2CCc3cc(NC(=O)Nc4cccc(C(F)(F)F)c4F)ccc3C2)CC1. The third kappa shape index (κ3) is 6.73. The lowest BCUT2D eigenvalue weighted by molar-refractivity contribution is -0.140. The maximum Gasteiger partial charge on any atom is 0.419 e. The molecular weight excluding hydrogens is 510 g/mol. The van der Waals surface area contributed by atoms with Crippen molar-refractivity contribution in [1.82, 2.24) is 4.90 Å². The van der Waals surface area contributed by atoms with E-state index in [1.165, 1.54) is 0 Å². The number of aliphatic carboxylic acids is 1. The smallest absolute Gasteiger partial charge is 0.419 e. The molecule has 12 heteroatoms. The Kier molecular flexibility index (Phi) is 8.08. The monoisotopic (exact) mass is 537 g/mol. The first kappa shape index (κ1) is 27.2. The number of rotatable bonds is 5. The fourth-order valence-electron chi connectivity index (χ4n) is 4.84. The first-order valence-electron chi connectivity index (χ1n) is 12.2.